The quantitative estimate of drug-likeness (QED) is 0.754. The summed E-state index contributed by atoms with van der Waals surface area (Å²) >= 11 is 0. The smallest absolute Gasteiger partial charge is 0.0590 e. The molecule has 0 amide bonds. The Morgan fingerprint density at radius 1 is 1.35 bits per heavy atom. The molecule has 0 spiro atoms. The molecule has 1 atom stereocenters. The van der Waals surface area contributed by atoms with Crippen LogP contribution in [-0.2, 0) is 4.74 Å². The first-order valence-electron chi connectivity index (χ1n) is 7.54. The molecule has 1 rings (SSSR count). The zero-order chi connectivity index (χ0) is 15.0. The maximum atomic E-state index is 6.08. The van der Waals surface area contributed by atoms with E-state index in [0.717, 1.165) is 26.0 Å². The number of rotatable bonds is 9. The van der Waals surface area contributed by atoms with E-state index in [9.17, 15) is 0 Å². The summed E-state index contributed by atoms with van der Waals surface area (Å²) in [6.07, 6.45) is 6.03. The van der Waals surface area contributed by atoms with Crippen molar-refractivity contribution >= 4 is 0 Å². The number of aryl methyl sites for hydroxylation is 1. The molecule has 0 saturated carbocycles. The van der Waals surface area contributed by atoms with Gasteiger partial charge in [-0.3, -0.25) is 9.88 Å². The van der Waals surface area contributed by atoms with Gasteiger partial charge in [-0.1, -0.05) is 13.8 Å². The summed E-state index contributed by atoms with van der Waals surface area (Å²) in [6.45, 7) is 8.83. The van der Waals surface area contributed by atoms with Crippen molar-refractivity contribution in [2.24, 2.45) is 5.73 Å². The van der Waals surface area contributed by atoms with Gasteiger partial charge < -0.3 is 10.5 Å². The lowest BCUT2D eigenvalue weighted by Crippen LogP contribution is -2.43. The topological polar surface area (TPSA) is 51.4 Å². The zero-order valence-corrected chi connectivity index (χ0v) is 13.3. The molecule has 1 unspecified atom stereocenters. The monoisotopic (exact) mass is 279 g/mol. The molecule has 0 radical (unpaired) electrons. The second kappa shape index (κ2) is 9.06. The van der Waals surface area contributed by atoms with E-state index in [1.807, 2.05) is 12.4 Å². The molecule has 114 valence electrons. The molecule has 1 aromatic heterocycles. The molecule has 0 aliphatic heterocycles. The van der Waals surface area contributed by atoms with Crippen LogP contribution in [0.25, 0.3) is 0 Å². The molecule has 1 heterocycles. The van der Waals surface area contributed by atoms with Crippen molar-refractivity contribution in [1.29, 1.82) is 0 Å². The lowest BCUT2D eigenvalue weighted by molar-refractivity contribution is 0.0813. The zero-order valence-electron chi connectivity index (χ0n) is 13.3. The number of pyridine rings is 1. The van der Waals surface area contributed by atoms with Gasteiger partial charge in [0.2, 0.25) is 0 Å². The standard InChI is InChI=1S/C16H29N3O/c1-5-14(6-2)19(9-10-20-4)16(11-17)15-12-18-8-7-13(15)3/h7-8,12,14,16H,5-6,9-11,17H2,1-4H3. The van der Waals surface area contributed by atoms with Crippen LogP contribution in [0.2, 0.25) is 0 Å². The van der Waals surface area contributed by atoms with Crippen molar-refractivity contribution in [3.8, 4) is 0 Å². The molecule has 0 fully saturated rings. The first-order valence-corrected chi connectivity index (χ1v) is 7.54. The lowest BCUT2D eigenvalue weighted by atomic mass is 9.99. The summed E-state index contributed by atoms with van der Waals surface area (Å²) in [4.78, 5) is 6.75. The second-order valence-electron chi connectivity index (χ2n) is 5.18. The molecule has 0 aromatic carbocycles. The number of nitrogens with zero attached hydrogens (tertiary/aromatic N) is 2. The van der Waals surface area contributed by atoms with E-state index in [4.69, 9.17) is 10.5 Å². The van der Waals surface area contributed by atoms with Crippen LogP contribution in [-0.4, -0.2) is 42.7 Å². The van der Waals surface area contributed by atoms with Gasteiger partial charge in [0, 0.05) is 44.7 Å². The predicted octanol–water partition coefficient (Wildman–Crippen LogP) is 2.53. The van der Waals surface area contributed by atoms with Crippen molar-refractivity contribution in [1.82, 2.24) is 9.88 Å². The first-order chi connectivity index (χ1) is 9.69. The number of ether oxygens (including phenoxy) is 1. The normalized spacial score (nSPS) is 13.2. The maximum absolute atomic E-state index is 6.08. The van der Waals surface area contributed by atoms with Gasteiger partial charge in [0.1, 0.15) is 0 Å². The van der Waals surface area contributed by atoms with E-state index < -0.39 is 0 Å². The fourth-order valence-corrected chi connectivity index (χ4v) is 2.81. The van der Waals surface area contributed by atoms with Gasteiger partial charge in [0.25, 0.3) is 0 Å². The highest BCUT2D eigenvalue weighted by Crippen LogP contribution is 2.26. The SMILES string of the molecule is CCC(CC)N(CCOC)C(CN)c1cnccc1C. The van der Waals surface area contributed by atoms with Crippen LogP contribution in [0.15, 0.2) is 18.5 Å². The van der Waals surface area contributed by atoms with Crippen LogP contribution in [0.4, 0.5) is 0 Å². The molecule has 0 saturated heterocycles. The summed E-state index contributed by atoms with van der Waals surface area (Å²) in [5.41, 5.74) is 8.57. The van der Waals surface area contributed by atoms with E-state index in [0.29, 0.717) is 12.6 Å². The van der Waals surface area contributed by atoms with Crippen molar-refractivity contribution < 1.29 is 4.74 Å². The molecule has 4 heteroatoms. The first kappa shape index (κ1) is 17.1. The molecule has 0 aliphatic rings. The second-order valence-corrected chi connectivity index (χ2v) is 5.18. The number of aromatic nitrogens is 1. The van der Waals surface area contributed by atoms with Crippen molar-refractivity contribution in [2.75, 3.05) is 26.8 Å². The fraction of sp³-hybridized carbons (Fsp3) is 0.688. The molecule has 0 bridgehead atoms. The molecule has 2 N–H and O–H groups in total. The highest BCUT2D eigenvalue weighted by molar-refractivity contribution is 5.25. The largest absolute Gasteiger partial charge is 0.383 e. The number of nitrogens with two attached hydrogens (primary N) is 1. The highest BCUT2D eigenvalue weighted by Gasteiger charge is 2.25. The van der Waals surface area contributed by atoms with E-state index in [1.54, 1.807) is 7.11 Å². The Morgan fingerprint density at radius 3 is 2.55 bits per heavy atom. The molecular formula is C16H29N3O. The Labute approximate surface area is 123 Å². The van der Waals surface area contributed by atoms with Crippen LogP contribution in [0, 0.1) is 6.92 Å². The average molecular weight is 279 g/mol. The van der Waals surface area contributed by atoms with Crippen LogP contribution >= 0.6 is 0 Å². The summed E-state index contributed by atoms with van der Waals surface area (Å²) in [7, 11) is 1.75. The Hall–Kier alpha value is -0.970. The van der Waals surface area contributed by atoms with Gasteiger partial charge in [0.05, 0.1) is 6.61 Å². The summed E-state index contributed by atoms with van der Waals surface area (Å²) in [5.74, 6) is 0. The van der Waals surface area contributed by atoms with Crippen molar-refractivity contribution in [3.05, 3.63) is 29.6 Å². The molecule has 4 nitrogen and oxygen atoms in total. The lowest BCUT2D eigenvalue weighted by Gasteiger charge is -2.37. The summed E-state index contributed by atoms with van der Waals surface area (Å²) in [5, 5.41) is 0. The highest BCUT2D eigenvalue weighted by atomic mass is 16.5. The predicted molar refractivity (Wildman–Crippen MR) is 83.7 cm³/mol. The average Bonchev–Trinajstić information content (AvgIpc) is 2.47. The van der Waals surface area contributed by atoms with E-state index in [1.165, 1.54) is 11.1 Å². The van der Waals surface area contributed by atoms with Gasteiger partial charge in [-0.05, 0) is 37.0 Å². The van der Waals surface area contributed by atoms with Gasteiger partial charge >= 0.3 is 0 Å². The van der Waals surface area contributed by atoms with E-state index in [-0.39, 0.29) is 6.04 Å². The van der Waals surface area contributed by atoms with Crippen LogP contribution in [0.1, 0.15) is 43.9 Å². The minimum Gasteiger partial charge on any atom is -0.383 e. The van der Waals surface area contributed by atoms with Crippen molar-refractivity contribution in [3.63, 3.8) is 0 Å². The Bertz CT molecular complexity index is 380. The van der Waals surface area contributed by atoms with Gasteiger partial charge in [-0.25, -0.2) is 0 Å². The summed E-state index contributed by atoms with van der Waals surface area (Å²) < 4.78 is 5.27. The third-order valence-corrected chi connectivity index (χ3v) is 4.03. The number of hydrogen-bond donors (Lipinski definition) is 1. The van der Waals surface area contributed by atoms with Gasteiger partial charge in [0.15, 0.2) is 0 Å². The third-order valence-electron chi connectivity index (χ3n) is 4.03. The maximum Gasteiger partial charge on any atom is 0.0590 e. The van der Waals surface area contributed by atoms with E-state index >= 15 is 0 Å². The minimum atomic E-state index is 0.212. The van der Waals surface area contributed by atoms with Crippen molar-refractivity contribution in [2.45, 2.75) is 45.7 Å². The van der Waals surface area contributed by atoms with Gasteiger partial charge in [-0.2, -0.15) is 0 Å². The fourth-order valence-electron chi connectivity index (χ4n) is 2.81. The van der Waals surface area contributed by atoms with Gasteiger partial charge in [-0.15, -0.1) is 0 Å². The Morgan fingerprint density at radius 2 is 2.05 bits per heavy atom. The third kappa shape index (κ3) is 4.27. The number of methoxy groups -OCH3 is 1. The molecule has 1 aromatic rings. The Balaban J connectivity index is 3.03. The Kier molecular flexibility index (Phi) is 7.73. The van der Waals surface area contributed by atoms with Crippen LogP contribution < -0.4 is 5.73 Å². The van der Waals surface area contributed by atoms with E-state index in [2.05, 4.69) is 36.7 Å². The molecule has 20 heavy (non-hydrogen) atoms. The minimum absolute atomic E-state index is 0.212. The molecule has 0 aliphatic carbocycles. The molecular weight excluding hydrogens is 250 g/mol. The van der Waals surface area contributed by atoms with Crippen LogP contribution in [0.5, 0.6) is 0 Å². The van der Waals surface area contributed by atoms with Crippen LogP contribution in [0.3, 0.4) is 0 Å². The summed E-state index contributed by atoms with van der Waals surface area (Å²) in [6, 6.07) is 2.79. The number of hydrogen-bond acceptors (Lipinski definition) is 4.